The quantitative estimate of drug-likeness (QED) is 0.0259. The summed E-state index contributed by atoms with van der Waals surface area (Å²) in [7, 11) is 0.356. The third-order valence-electron chi connectivity index (χ3n) is 10.3. The molecular formula is C48H67NO8Si2. The third kappa shape index (κ3) is 18.5. The van der Waals surface area contributed by atoms with Gasteiger partial charge in [0.25, 0.3) is 0 Å². The van der Waals surface area contributed by atoms with Gasteiger partial charge in [-0.25, -0.2) is 9.59 Å². The number of carbonyl (C=O) groups excluding carboxylic acids is 2. The molecule has 0 amide bonds. The lowest BCUT2D eigenvalue weighted by molar-refractivity contribution is 0.0725. The van der Waals surface area contributed by atoms with Crippen LogP contribution in [0.2, 0.25) is 38.3 Å². The molecule has 0 fully saturated rings. The van der Waals surface area contributed by atoms with Crippen LogP contribution in [0.15, 0.2) is 97.1 Å². The van der Waals surface area contributed by atoms with Crippen molar-refractivity contribution >= 4 is 28.4 Å². The zero-order valence-corrected chi connectivity index (χ0v) is 38.3. The lowest BCUT2D eigenvalue weighted by atomic mass is 10.1. The third-order valence-corrected chi connectivity index (χ3v) is 18.9. The van der Waals surface area contributed by atoms with Crippen molar-refractivity contribution in [3.8, 4) is 34.5 Å². The summed E-state index contributed by atoms with van der Waals surface area (Å²) in [5, 5.41) is 0. The summed E-state index contributed by atoms with van der Waals surface area (Å²) in [5.41, 5.74) is 0.969. The highest BCUT2D eigenvalue weighted by Crippen LogP contribution is 2.23. The Labute approximate surface area is 355 Å². The maximum atomic E-state index is 12.5. The molecule has 0 spiro atoms. The molecule has 9 nitrogen and oxygen atoms in total. The van der Waals surface area contributed by atoms with Gasteiger partial charge in [0.15, 0.2) is 0 Å². The van der Waals surface area contributed by atoms with E-state index in [9.17, 15) is 9.59 Å². The Morgan fingerprint density at radius 1 is 0.407 bits per heavy atom. The highest BCUT2D eigenvalue weighted by molar-refractivity contribution is 6.91. The van der Waals surface area contributed by atoms with Gasteiger partial charge in [0.1, 0.15) is 51.0 Å². The first kappa shape index (κ1) is 47.1. The van der Waals surface area contributed by atoms with E-state index in [2.05, 4.69) is 30.8 Å². The smallest absolute Gasteiger partial charge is 0.343 e. The minimum absolute atomic E-state index is 0.400. The topological polar surface area (TPSA) is 102 Å². The van der Waals surface area contributed by atoms with Crippen molar-refractivity contribution in [1.82, 2.24) is 4.65 Å². The van der Waals surface area contributed by atoms with E-state index in [0.29, 0.717) is 47.3 Å². The number of carbonyl (C=O) groups is 2. The molecular weight excluding hydrogens is 775 g/mol. The highest BCUT2D eigenvalue weighted by Gasteiger charge is 2.30. The summed E-state index contributed by atoms with van der Waals surface area (Å²) in [5.74, 6) is 3.12. The summed E-state index contributed by atoms with van der Waals surface area (Å²) in [6.45, 7) is 11.4. The molecule has 4 aromatic rings. The van der Waals surface area contributed by atoms with E-state index in [1.54, 1.807) is 87.0 Å². The van der Waals surface area contributed by atoms with E-state index in [1.165, 1.54) is 76.3 Å². The molecule has 0 atom stereocenters. The summed E-state index contributed by atoms with van der Waals surface area (Å²) < 4.78 is 37.3. The molecule has 11 heteroatoms. The largest absolute Gasteiger partial charge is 0.497 e. The molecule has 0 aliphatic carbocycles. The first-order chi connectivity index (χ1) is 28.4. The van der Waals surface area contributed by atoms with Gasteiger partial charge in [0.2, 0.25) is 0 Å². The van der Waals surface area contributed by atoms with Crippen LogP contribution in [-0.2, 0) is 0 Å². The van der Waals surface area contributed by atoms with Crippen LogP contribution >= 0.6 is 0 Å². The Morgan fingerprint density at radius 3 is 1.03 bits per heavy atom. The Kier molecular flexibility index (Phi) is 20.1. The van der Waals surface area contributed by atoms with Gasteiger partial charge in [-0.15, -0.1) is 0 Å². The van der Waals surface area contributed by atoms with Crippen molar-refractivity contribution in [1.29, 1.82) is 0 Å². The molecule has 0 aliphatic rings. The maximum Gasteiger partial charge on any atom is 0.343 e. The van der Waals surface area contributed by atoms with E-state index in [4.69, 9.17) is 28.4 Å². The lowest BCUT2D eigenvalue weighted by Crippen LogP contribution is -2.58. The zero-order chi connectivity index (χ0) is 42.4. The van der Waals surface area contributed by atoms with E-state index >= 15 is 0 Å². The SMILES string of the molecule is COc1ccc(OC(=O)c2ccc(OCCCCCCCC[Si](C)(C)N[Si](C)(C)CCCCCCCCOc3ccc(C(=O)Oc4ccc(OC)cc4)cc3)cc2)cc1. The van der Waals surface area contributed by atoms with Crippen molar-refractivity contribution in [2.24, 2.45) is 0 Å². The molecule has 0 aromatic heterocycles. The zero-order valence-electron chi connectivity index (χ0n) is 36.3. The predicted molar refractivity (Wildman–Crippen MR) is 243 cm³/mol. The Morgan fingerprint density at radius 2 is 0.695 bits per heavy atom. The molecule has 0 heterocycles. The van der Waals surface area contributed by atoms with Gasteiger partial charge >= 0.3 is 11.9 Å². The van der Waals surface area contributed by atoms with Gasteiger partial charge < -0.3 is 33.1 Å². The minimum atomic E-state index is -1.42. The number of esters is 2. The Hall–Kier alpha value is -4.59. The number of hydrogen-bond donors (Lipinski definition) is 1. The van der Waals surface area contributed by atoms with Gasteiger partial charge in [0.05, 0.1) is 38.6 Å². The molecule has 0 aliphatic heterocycles. The monoisotopic (exact) mass is 841 g/mol. The number of nitrogens with one attached hydrogen (secondary N) is 1. The van der Waals surface area contributed by atoms with Gasteiger partial charge in [-0.1, -0.05) is 90.4 Å². The van der Waals surface area contributed by atoms with Crippen LogP contribution < -0.4 is 33.1 Å². The van der Waals surface area contributed by atoms with E-state index in [0.717, 1.165) is 24.3 Å². The summed E-state index contributed by atoms with van der Waals surface area (Å²) in [4.78, 5) is 24.9. The first-order valence-electron chi connectivity index (χ1n) is 21.4. The number of ether oxygens (including phenoxy) is 6. The van der Waals surface area contributed by atoms with Crippen LogP contribution in [-0.4, -0.2) is 55.8 Å². The number of benzene rings is 4. The molecule has 0 radical (unpaired) electrons. The molecule has 320 valence electrons. The van der Waals surface area contributed by atoms with Crippen LogP contribution in [0.5, 0.6) is 34.5 Å². The van der Waals surface area contributed by atoms with Crippen LogP contribution in [0.25, 0.3) is 0 Å². The second kappa shape index (κ2) is 25.1. The molecule has 1 N–H and O–H groups in total. The molecule has 0 saturated heterocycles. The average Bonchev–Trinajstić information content (AvgIpc) is 3.23. The summed E-state index contributed by atoms with van der Waals surface area (Å²) >= 11 is 0. The van der Waals surface area contributed by atoms with Gasteiger partial charge in [-0.05, 0) is 122 Å². The molecule has 4 rings (SSSR count). The number of rotatable bonds is 28. The van der Waals surface area contributed by atoms with Gasteiger partial charge in [-0.3, -0.25) is 0 Å². The number of methoxy groups -OCH3 is 2. The van der Waals surface area contributed by atoms with Crippen LogP contribution in [0.3, 0.4) is 0 Å². The van der Waals surface area contributed by atoms with Crippen molar-refractivity contribution in [3.05, 3.63) is 108 Å². The Bertz CT molecular complexity index is 1660. The van der Waals surface area contributed by atoms with Crippen molar-refractivity contribution in [2.75, 3.05) is 27.4 Å². The Balaban J connectivity index is 0.952. The van der Waals surface area contributed by atoms with Gasteiger partial charge in [0, 0.05) is 0 Å². The highest BCUT2D eigenvalue weighted by atomic mass is 28.4. The first-order valence-corrected chi connectivity index (χ1v) is 27.8. The predicted octanol–water partition coefficient (Wildman–Crippen LogP) is 12.3. The standard InChI is InChI=1S/C48H67NO8Si2/c1-52-41-27-31-45(32-28-41)56-47(50)39-19-23-43(24-20-39)54-35-15-11-7-9-13-17-37-58(3,4)49-59(5,6)38-18-14-10-8-12-16-36-55-44-25-21-40(22-26-44)48(51)57-46-33-29-42(53-2)30-34-46/h19-34,49H,7-18,35-38H2,1-6H3. The second-order valence-electron chi connectivity index (χ2n) is 16.5. The van der Waals surface area contributed by atoms with Crippen LogP contribution in [0.1, 0.15) is 97.8 Å². The number of hydrogen-bond acceptors (Lipinski definition) is 9. The fourth-order valence-corrected chi connectivity index (χ4v) is 17.8. The van der Waals surface area contributed by atoms with Crippen molar-refractivity contribution in [2.45, 2.75) is 115 Å². The normalized spacial score (nSPS) is 11.5. The summed E-state index contributed by atoms with van der Waals surface area (Å²) in [6, 6.07) is 30.8. The van der Waals surface area contributed by atoms with Gasteiger partial charge in [-0.2, -0.15) is 0 Å². The average molecular weight is 842 g/mol. The molecule has 4 aromatic carbocycles. The molecule has 0 bridgehead atoms. The second-order valence-corrected chi connectivity index (χ2v) is 26.0. The fourth-order valence-electron chi connectivity index (χ4n) is 7.17. The lowest BCUT2D eigenvalue weighted by Gasteiger charge is -2.35. The van der Waals surface area contributed by atoms with Crippen molar-refractivity contribution in [3.63, 3.8) is 0 Å². The maximum absolute atomic E-state index is 12.5. The van der Waals surface area contributed by atoms with Crippen LogP contribution in [0, 0.1) is 0 Å². The molecule has 0 unspecified atom stereocenters. The molecule has 0 saturated carbocycles. The fraction of sp³-hybridized carbons (Fsp3) is 0.458. The summed E-state index contributed by atoms with van der Waals surface area (Å²) in [6.07, 6.45) is 14.7. The van der Waals surface area contributed by atoms with E-state index < -0.39 is 28.4 Å². The van der Waals surface area contributed by atoms with E-state index in [1.807, 2.05) is 24.3 Å². The van der Waals surface area contributed by atoms with Crippen LogP contribution in [0.4, 0.5) is 0 Å². The minimum Gasteiger partial charge on any atom is -0.497 e. The number of unbranched alkanes of at least 4 members (excludes halogenated alkanes) is 10. The molecule has 59 heavy (non-hydrogen) atoms. The van der Waals surface area contributed by atoms with Crippen molar-refractivity contribution < 1.29 is 38.0 Å². The van der Waals surface area contributed by atoms with E-state index in [-0.39, 0.29) is 0 Å².